The summed E-state index contributed by atoms with van der Waals surface area (Å²) in [6, 6.07) is 14.2. The molecule has 2 aromatic carbocycles. The first-order valence-corrected chi connectivity index (χ1v) is 25.4. The van der Waals surface area contributed by atoms with Crippen molar-refractivity contribution < 1.29 is 4.70 Å². The minimum Gasteiger partial charge on any atom is -0.493 e. The van der Waals surface area contributed by atoms with Crippen LogP contribution in [0.1, 0.15) is 255 Å². The normalized spacial score (nSPS) is 13.3. The maximum Gasteiger partial charge on any atom is 0.215 e. The van der Waals surface area contributed by atoms with Crippen molar-refractivity contribution in [3.63, 3.8) is 0 Å². The first-order valence-electron chi connectivity index (χ1n) is 25.4. The fourth-order valence-corrected chi connectivity index (χ4v) is 8.96. The van der Waals surface area contributed by atoms with Crippen LogP contribution < -0.4 is 0 Å². The smallest absolute Gasteiger partial charge is 0.215 e. The molecule has 0 spiro atoms. The molecule has 1 aliphatic rings. The number of allylic oxidation sites excluding steroid dienone is 4. The number of aryl methyl sites for hydroxylation is 4. The van der Waals surface area contributed by atoms with Crippen molar-refractivity contribution in [2.75, 3.05) is 0 Å². The molecule has 2 heteroatoms. The molecule has 0 saturated carbocycles. The SMILES string of the molecule is CCCCCCCCCCCCCCCCCCCCCCC=CC1=C(c2cc(CCCC)cc(CCCC)c2)[N+](=[N-])C(c2cc(CC)cc(CC)c2)=C1CCCC. The summed E-state index contributed by atoms with van der Waals surface area (Å²) in [6.45, 7) is 13.7. The molecule has 2 aromatic rings. The van der Waals surface area contributed by atoms with E-state index in [1.807, 2.05) is 0 Å². The molecular weight excluding hydrogens is 701 g/mol. The third-order valence-corrected chi connectivity index (χ3v) is 12.7. The van der Waals surface area contributed by atoms with Gasteiger partial charge in [0.05, 0.1) is 5.57 Å². The number of benzene rings is 2. The zero-order valence-corrected chi connectivity index (χ0v) is 39.1. The fraction of sp³-hybridized carbons (Fsp3) is 0.679. The maximum atomic E-state index is 12.4. The lowest BCUT2D eigenvalue weighted by Crippen LogP contribution is -2.05. The molecule has 3 rings (SSSR count). The van der Waals surface area contributed by atoms with E-state index in [2.05, 4.69) is 90.1 Å². The fourth-order valence-electron chi connectivity index (χ4n) is 8.96. The predicted molar refractivity (Wildman–Crippen MR) is 258 cm³/mol. The molecule has 0 aliphatic carbocycles. The molecule has 324 valence electrons. The highest BCUT2D eigenvalue weighted by atomic mass is 15.2. The Morgan fingerprint density at radius 3 is 1.19 bits per heavy atom. The van der Waals surface area contributed by atoms with Crippen molar-refractivity contribution in [1.82, 2.24) is 0 Å². The number of unbranched alkanes of at least 4 members (excludes halogenated alkanes) is 23. The Labute approximate surface area is 360 Å². The lowest BCUT2D eigenvalue weighted by atomic mass is 9.92. The Bertz CT molecular complexity index is 1470. The lowest BCUT2D eigenvalue weighted by Gasteiger charge is -2.14. The van der Waals surface area contributed by atoms with Crippen molar-refractivity contribution in [3.05, 3.63) is 98.6 Å². The monoisotopic (exact) mass is 791 g/mol. The standard InChI is InChI=1S/C56H90N2/c1-7-13-17-18-19-20-21-22-23-24-25-26-27-28-29-30-31-32-33-34-35-36-40-54-53(39-16-10-4)55(51-43-47(11-5)41-48(12-6)44-51)58(57)56(54)52-45-49(37-14-8-2)42-50(46-52)38-15-9-3/h36,40-46H,7-35,37-39H2,1-6H3. The van der Waals surface area contributed by atoms with Gasteiger partial charge < -0.3 is 5.53 Å². The molecule has 0 bridgehead atoms. The Kier molecular flexibility index (Phi) is 26.7. The first-order chi connectivity index (χ1) is 28.5. The van der Waals surface area contributed by atoms with E-state index in [4.69, 9.17) is 0 Å². The van der Waals surface area contributed by atoms with E-state index >= 15 is 0 Å². The Hall–Kier alpha value is -2.74. The summed E-state index contributed by atoms with van der Waals surface area (Å²) in [4.78, 5) is 0. The molecule has 58 heavy (non-hydrogen) atoms. The van der Waals surface area contributed by atoms with Crippen LogP contribution in [0.3, 0.4) is 0 Å². The van der Waals surface area contributed by atoms with Crippen molar-refractivity contribution in [3.8, 4) is 0 Å². The van der Waals surface area contributed by atoms with E-state index in [1.165, 1.54) is 193 Å². The van der Waals surface area contributed by atoms with Crippen LogP contribution in [0.4, 0.5) is 0 Å². The molecular formula is C56H90N2. The second-order valence-electron chi connectivity index (χ2n) is 17.9. The van der Waals surface area contributed by atoms with Crippen LogP contribution in [0.15, 0.2) is 59.7 Å². The summed E-state index contributed by atoms with van der Waals surface area (Å²) < 4.78 is 1.60. The Morgan fingerprint density at radius 2 is 0.759 bits per heavy atom. The number of hydrogen-bond donors (Lipinski definition) is 0. The average Bonchev–Trinajstić information content (AvgIpc) is 3.52. The third kappa shape index (κ3) is 18.3. The molecule has 1 aliphatic heterocycles. The highest BCUT2D eigenvalue weighted by Gasteiger charge is 2.35. The molecule has 0 atom stereocenters. The van der Waals surface area contributed by atoms with E-state index in [9.17, 15) is 5.53 Å². The largest absolute Gasteiger partial charge is 0.493 e. The van der Waals surface area contributed by atoms with Gasteiger partial charge in [0.1, 0.15) is 0 Å². The first kappa shape index (κ1) is 49.6. The molecule has 0 amide bonds. The summed E-state index contributed by atoms with van der Waals surface area (Å²) in [5, 5.41) is 0. The molecule has 1 heterocycles. The van der Waals surface area contributed by atoms with Crippen molar-refractivity contribution >= 4 is 11.4 Å². The maximum absolute atomic E-state index is 12.4. The number of hydrogen-bond acceptors (Lipinski definition) is 0. The topological polar surface area (TPSA) is 25.3 Å². The van der Waals surface area contributed by atoms with Crippen molar-refractivity contribution in [2.24, 2.45) is 0 Å². The van der Waals surface area contributed by atoms with E-state index in [-0.39, 0.29) is 0 Å². The quantitative estimate of drug-likeness (QED) is 0.0491. The van der Waals surface area contributed by atoms with Gasteiger partial charge in [-0.2, -0.15) is 0 Å². The van der Waals surface area contributed by atoms with Crippen LogP contribution in [-0.2, 0) is 25.7 Å². The summed E-state index contributed by atoms with van der Waals surface area (Å²) in [7, 11) is 0. The van der Waals surface area contributed by atoms with E-state index < -0.39 is 0 Å². The van der Waals surface area contributed by atoms with Gasteiger partial charge in [0, 0.05) is 16.7 Å². The van der Waals surface area contributed by atoms with Gasteiger partial charge in [-0.3, -0.25) is 0 Å². The Balaban J connectivity index is 1.61. The van der Waals surface area contributed by atoms with Gasteiger partial charge in [-0.1, -0.05) is 207 Å². The van der Waals surface area contributed by atoms with Gasteiger partial charge in [-0.05, 0) is 111 Å². The Morgan fingerprint density at radius 1 is 0.397 bits per heavy atom. The summed E-state index contributed by atoms with van der Waals surface area (Å²) in [6.07, 6.45) is 46.4. The van der Waals surface area contributed by atoms with Gasteiger partial charge in [0.2, 0.25) is 11.4 Å². The van der Waals surface area contributed by atoms with Crippen LogP contribution in [0, 0.1) is 0 Å². The summed E-state index contributed by atoms with van der Waals surface area (Å²) in [5.74, 6) is 0. The average molecular weight is 791 g/mol. The van der Waals surface area contributed by atoms with Gasteiger partial charge in [0.25, 0.3) is 0 Å². The van der Waals surface area contributed by atoms with Gasteiger partial charge in [-0.25, -0.2) is 4.70 Å². The molecule has 2 nitrogen and oxygen atoms in total. The summed E-state index contributed by atoms with van der Waals surface area (Å²) >= 11 is 0. The molecule has 0 saturated heterocycles. The molecule has 0 aromatic heterocycles. The van der Waals surface area contributed by atoms with Crippen LogP contribution in [0.25, 0.3) is 16.9 Å². The lowest BCUT2D eigenvalue weighted by molar-refractivity contribution is -0.345. The molecule has 0 fully saturated rings. The zero-order chi connectivity index (χ0) is 41.6. The number of rotatable bonds is 35. The third-order valence-electron chi connectivity index (χ3n) is 12.7. The van der Waals surface area contributed by atoms with Gasteiger partial charge in [0.15, 0.2) is 0 Å². The highest BCUT2D eigenvalue weighted by Crippen LogP contribution is 2.44. The second kappa shape index (κ2) is 31.2. The second-order valence-corrected chi connectivity index (χ2v) is 17.9. The number of nitrogens with zero attached hydrogens (tertiary/aromatic N) is 2. The van der Waals surface area contributed by atoms with E-state index in [0.29, 0.717) is 0 Å². The molecule has 0 N–H and O–H groups in total. The van der Waals surface area contributed by atoms with Gasteiger partial charge >= 0.3 is 0 Å². The molecule has 0 radical (unpaired) electrons. The van der Waals surface area contributed by atoms with Crippen LogP contribution >= 0.6 is 0 Å². The molecule has 0 unspecified atom stereocenters. The van der Waals surface area contributed by atoms with E-state index in [1.54, 1.807) is 4.70 Å². The van der Waals surface area contributed by atoms with E-state index in [0.717, 1.165) is 68.3 Å². The van der Waals surface area contributed by atoms with Crippen LogP contribution in [0.5, 0.6) is 0 Å². The van der Waals surface area contributed by atoms with Crippen LogP contribution in [0.2, 0.25) is 0 Å². The van der Waals surface area contributed by atoms with Crippen molar-refractivity contribution in [1.29, 1.82) is 0 Å². The zero-order valence-electron chi connectivity index (χ0n) is 39.1. The van der Waals surface area contributed by atoms with Gasteiger partial charge in [-0.15, -0.1) is 0 Å². The van der Waals surface area contributed by atoms with Crippen LogP contribution in [-0.4, -0.2) is 4.70 Å². The summed E-state index contributed by atoms with van der Waals surface area (Å²) in [5.41, 5.74) is 24.8. The minimum absolute atomic E-state index is 0.974. The minimum atomic E-state index is 0.974. The van der Waals surface area contributed by atoms with Crippen molar-refractivity contribution in [2.45, 2.75) is 247 Å². The highest BCUT2D eigenvalue weighted by molar-refractivity contribution is 5.84. The predicted octanol–water partition coefficient (Wildman–Crippen LogP) is 18.6.